The van der Waals surface area contributed by atoms with Crippen LogP contribution in [0.1, 0.15) is 31.9 Å². The lowest BCUT2D eigenvalue weighted by atomic mass is 9.87. The molecule has 1 N–H and O–H groups in total. The largest absolute Gasteiger partial charge is 0.463 e. The standard InChI is InChI=1S/C16H18ClNO5/c1-8(19)21-7-15-16(22-9(2)20)13-6-14(23-15)11-5-10(17)3-4-12(11)18-13/h3-5,13-16,18H,6-7H2,1-2H3/t13-,14-,15+,16-/m0/s1. The van der Waals surface area contributed by atoms with Crippen LogP contribution < -0.4 is 5.32 Å². The van der Waals surface area contributed by atoms with Gasteiger partial charge in [0.2, 0.25) is 0 Å². The Morgan fingerprint density at radius 2 is 2.13 bits per heavy atom. The number of nitrogens with one attached hydrogen (secondary N) is 1. The Bertz CT molecular complexity index is 635. The van der Waals surface area contributed by atoms with Crippen LogP contribution in [-0.2, 0) is 23.8 Å². The molecule has 0 unspecified atom stereocenters. The van der Waals surface area contributed by atoms with Gasteiger partial charge in [-0.25, -0.2) is 0 Å². The highest BCUT2D eigenvalue weighted by atomic mass is 35.5. The molecule has 6 nitrogen and oxygen atoms in total. The number of rotatable bonds is 3. The SMILES string of the molecule is CC(=O)OC[C@H]1O[C@H]2C[C@H](Nc3ccc(Cl)cc32)[C@@H]1OC(C)=O. The summed E-state index contributed by atoms with van der Waals surface area (Å²) in [6.45, 7) is 2.72. The van der Waals surface area contributed by atoms with Gasteiger partial charge in [-0.2, -0.15) is 0 Å². The first kappa shape index (κ1) is 16.1. The molecule has 0 radical (unpaired) electrons. The third-order valence-corrected chi connectivity index (χ3v) is 4.26. The molecule has 23 heavy (non-hydrogen) atoms. The first-order chi connectivity index (χ1) is 10.9. The van der Waals surface area contributed by atoms with Crippen LogP contribution in [0.4, 0.5) is 5.69 Å². The second kappa shape index (κ2) is 6.37. The second-order valence-corrected chi connectivity index (χ2v) is 6.19. The first-order valence-corrected chi connectivity index (χ1v) is 7.84. The van der Waals surface area contributed by atoms with E-state index >= 15 is 0 Å². The maximum atomic E-state index is 11.4. The molecule has 2 heterocycles. The number of fused-ring (bicyclic) bond motifs is 4. The van der Waals surface area contributed by atoms with Crippen molar-refractivity contribution < 1.29 is 23.8 Å². The Morgan fingerprint density at radius 3 is 2.83 bits per heavy atom. The van der Waals surface area contributed by atoms with Crippen LogP contribution in [0.5, 0.6) is 0 Å². The molecule has 0 amide bonds. The normalized spacial score (nSPS) is 28.3. The summed E-state index contributed by atoms with van der Waals surface area (Å²) in [5.41, 5.74) is 1.88. The van der Waals surface area contributed by atoms with E-state index in [2.05, 4.69) is 5.32 Å². The van der Waals surface area contributed by atoms with Gasteiger partial charge in [0.05, 0.1) is 12.1 Å². The van der Waals surface area contributed by atoms with E-state index in [0.717, 1.165) is 11.3 Å². The number of halogens is 1. The Labute approximate surface area is 139 Å². The highest BCUT2D eigenvalue weighted by molar-refractivity contribution is 6.30. The summed E-state index contributed by atoms with van der Waals surface area (Å²) in [7, 11) is 0. The summed E-state index contributed by atoms with van der Waals surface area (Å²) in [6.07, 6.45) is -0.567. The molecule has 1 aromatic rings. The van der Waals surface area contributed by atoms with Crippen molar-refractivity contribution in [2.75, 3.05) is 11.9 Å². The topological polar surface area (TPSA) is 73.9 Å². The molecule has 1 aromatic carbocycles. The van der Waals surface area contributed by atoms with Crippen molar-refractivity contribution in [2.24, 2.45) is 0 Å². The molecule has 1 saturated heterocycles. The van der Waals surface area contributed by atoms with E-state index in [4.69, 9.17) is 25.8 Å². The molecule has 0 aromatic heterocycles. The Balaban J connectivity index is 1.87. The van der Waals surface area contributed by atoms with Crippen molar-refractivity contribution in [1.29, 1.82) is 0 Å². The highest BCUT2D eigenvalue weighted by Crippen LogP contribution is 2.43. The second-order valence-electron chi connectivity index (χ2n) is 5.76. The maximum absolute atomic E-state index is 11.4. The molecule has 2 aliphatic heterocycles. The van der Waals surface area contributed by atoms with Crippen LogP contribution in [0.15, 0.2) is 18.2 Å². The van der Waals surface area contributed by atoms with Gasteiger partial charge in [-0.05, 0) is 18.2 Å². The molecule has 7 heteroatoms. The number of esters is 2. The van der Waals surface area contributed by atoms with E-state index in [1.807, 2.05) is 12.1 Å². The number of hydrogen-bond donors (Lipinski definition) is 1. The molecular weight excluding hydrogens is 322 g/mol. The van der Waals surface area contributed by atoms with E-state index < -0.39 is 24.1 Å². The average molecular weight is 340 g/mol. The molecule has 0 aliphatic carbocycles. The molecule has 1 fully saturated rings. The lowest BCUT2D eigenvalue weighted by molar-refractivity contribution is -0.185. The molecular formula is C16H18ClNO5. The van der Waals surface area contributed by atoms with Crippen molar-refractivity contribution in [3.63, 3.8) is 0 Å². The summed E-state index contributed by atoms with van der Waals surface area (Å²) in [4.78, 5) is 22.5. The van der Waals surface area contributed by atoms with E-state index in [1.165, 1.54) is 13.8 Å². The zero-order valence-electron chi connectivity index (χ0n) is 12.9. The summed E-state index contributed by atoms with van der Waals surface area (Å²) in [6, 6.07) is 5.44. The van der Waals surface area contributed by atoms with E-state index in [-0.39, 0.29) is 18.8 Å². The fraction of sp³-hybridized carbons (Fsp3) is 0.500. The molecule has 0 spiro atoms. The number of benzene rings is 1. The minimum atomic E-state index is -0.522. The molecule has 4 atom stereocenters. The van der Waals surface area contributed by atoms with Crippen LogP contribution in [0.25, 0.3) is 0 Å². The van der Waals surface area contributed by atoms with Gasteiger partial charge in [0.1, 0.15) is 12.7 Å². The molecule has 2 aliphatic rings. The van der Waals surface area contributed by atoms with Crippen molar-refractivity contribution >= 4 is 29.2 Å². The maximum Gasteiger partial charge on any atom is 0.303 e. The lowest BCUT2D eigenvalue weighted by Crippen LogP contribution is -2.54. The van der Waals surface area contributed by atoms with Gasteiger partial charge in [0.25, 0.3) is 0 Å². The third-order valence-electron chi connectivity index (χ3n) is 4.02. The van der Waals surface area contributed by atoms with Gasteiger partial charge >= 0.3 is 11.9 Å². The van der Waals surface area contributed by atoms with Gasteiger partial charge in [0, 0.05) is 36.5 Å². The van der Waals surface area contributed by atoms with Crippen molar-refractivity contribution in [1.82, 2.24) is 0 Å². The molecule has 124 valence electrons. The van der Waals surface area contributed by atoms with Crippen LogP contribution >= 0.6 is 11.6 Å². The molecule has 2 bridgehead atoms. The Hall–Kier alpha value is -1.79. The van der Waals surface area contributed by atoms with Gasteiger partial charge in [-0.3, -0.25) is 9.59 Å². The van der Waals surface area contributed by atoms with Crippen LogP contribution in [-0.4, -0.2) is 36.8 Å². The predicted octanol–water partition coefficient (Wildman–Crippen LogP) is 2.46. The fourth-order valence-electron chi connectivity index (χ4n) is 3.12. The smallest absolute Gasteiger partial charge is 0.303 e. The number of ether oxygens (including phenoxy) is 3. The summed E-state index contributed by atoms with van der Waals surface area (Å²) >= 11 is 6.07. The van der Waals surface area contributed by atoms with Crippen LogP contribution in [0.2, 0.25) is 5.02 Å². The van der Waals surface area contributed by atoms with Gasteiger partial charge in [-0.15, -0.1) is 0 Å². The van der Waals surface area contributed by atoms with Crippen LogP contribution in [0, 0.1) is 0 Å². The van der Waals surface area contributed by atoms with Crippen LogP contribution in [0.3, 0.4) is 0 Å². The molecule has 3 rings (SSSR count). The van der Waals surface area contributed by atoms with E-state index in [9.17, 15) is 9.59 Å². The Kier molecular flexibility index (Phi) is 4.46. The first-order valence-electron chi connectivity index (χ1n) is 7.46. The van der Waals surface area contributed by atoms with Crippen molar-refractivity contribution in [3.05, 3.63) is 28.8 Å². The van der Waals surface area contributed by atoms with Crippen molar-refractivity contribution in [2.45, 2.75) is 44.6 Å². The zero-order chi connectivity index (χ0) is 16.6. The fourth-order valence-corrected chi connectivity index (χ4v) is 3.30. The number of carbonyl (C=O) groups excluding carboxylic acids is 2. The molecule has 0 saturated carbocycles. The lowest BCUT2D eigenvalue weighted by Gasteiger charge is -2.45. The highest BCUT2D eigenvalue weighted by Gasteiger charge is 2.45. The minimum Gasteiger partial charge on any atom is -0.463 e. The van der Waals surface area contributed by atoms with Gasteiger partial charge in [0.15, 0.2) is 6.10 Å². The Morgan fingerprint density at radius 1 is 1.35 bits per heavy atom. The summed E-state index contributed by atoms with van der Waals surface area (Å²) in [5.74, 6) is -0.795. The van der Waals surface area contributed by atoms with Gasteiger partial charge < -0.3 is 19.5 Å². The summed E-state index contributed by atoms with van der Waals surface area (Å²) < 4.78 is 16.5. The number of anilines is 1. The zero-order valence-corrected chi connectivity index (χ0v) is 13.6. The van der Waals surface area contributed by atoms with E-state index in [0.29, 0.717) is 11.4 Å². The monoisotopic (exact) mass is 339 g/mol. The van der Waals surface area contributed by atoms with Gasteiger partial charge in [-0.1, -0.05) is 11.6 Å². The quantitative estimate of drug-likeness (QED) is 0.853. The van der Waals surface area contributed by atoms with Crippen molar-refractivity contribution in [3.8, 4) is 0 Å². The number of carbonyl (C=O) groups is 2. The predicted molar refractivity (Wildman–Crippen MR) is 83.3 cm³/mol. The third kappa shape index (κ3) is 3.43. The van der Waals surface area contributed by atoms with E-state index in [1.54, 1.807) is 6.07 Å². The number of hydrogen-bond acceptors (Lipinski definition) is 6. The summed E-state index contributed by atoms with van der Waals surface area (Å²) in [5, 5.41) is 4.00. The minimum absolute atomic E-state index is 0.0395. The average Bonchev–Trinajstić information content (AvgIpc) is 2.48.